The molecule has 4 rings (SSSR count). The van der Waals surface area contributed by atoms with Crippen LogP contribution in [0.25, 0.3) is 6.08 Å². The topological polar surface area (TPSA) is 115 Å². The number of carbonyl (C=O) groups is 2. The van der Waals surface area contributed by atoms with E-state index in [1.807, 2.05) is 0 Å². The van der Waals surface area contributed by atoms with E-state index in [-0.39, 0.29) is 23.3 Å². The first-order valence-corrected chi connectivity index (χ1v) is 8.19. The van der Waals surface area contributed by atoms with Gasteiger partial charge in [0.05, 0.1) is 6.07 Å². The summed E-state index contributed by atoms with van der Waals surface area (Å²) in [7, 11) is 0. The largest absolute Gasteiger partial charge is 0.433 e. The van der Waals surface area contributed by atoms with E-state index in [0.29, 0.717) is 18.5 Å². The number of esters is 1. The fourth-order valence-corrected chi connectivity index (χ4v) is 2.89. The highest BCUT2D eigenvalue weighted by molar-refractivity contribution is 6.13. The molecule has 136 valence electrons. The molecule has 0 spiro atoms. The Bertz CT molecular complexity index is 1000. The van der Waals surface area contributed by atoms with E-state index in [4.69, 9.17) is 9.15 Å². The molecule has 0 atom stereocenters. The van der Waals surface area contributed by atoms with Gasteiger partial charge in [-0.05, 0) is 36.8 Å². The fourth-order valence-electron chi connectivity index (χ4n) is 2.89. The number of rotatable bonds is 4. The molecular formula is C18H13N3O6. The van der Waals surface area contributed by atoms with Gasteiger partial charge in [0.1, 0.15) is 10.7 Å². The smallest absolute Gasteiger partial charge is 0.402 e. The quantitative estimate of drug-likeness (QED) is 0.355. The van der Waals surface area contributed by atoms with Crippen molar-refractivity contribution < 1.29 is 23.7 Å². The highest BCUT2D eigenvalue weighted by atomic mass is 16.6. The van der Waals surface area contributed by atoms with Crippen molar-refractivity contribution in [1.29, 1.82) is 0 Å². The zero-order chi connectivity index (χ0) is 19.0. The number of hydrogen-bond donors (Lipinski definition) is 0. The van der Waals surface area contributed by atoms with E-state index in [0.717, 1.165) is 12.1 Å². The molecule has 3 heterocycles. The number of nitro groups is 1. The van der Waals surface area contributed by atoms with Gasteiger partial charge < -0.3 is 14.1 Å². The molecule has 2 aromatic rings. The predicted molar refractivity (Wildman–Crippen MR) is 94.0 cm³/mol. The number of furan rings is 1. The molecule has 0 aliphatic carbocycles. The number of hydrogen-bond acceptors (Lipinski definition) is 7. The summed E-state index contributed by atoms with van der Waals surface area (Å²) in [6.07, 6.45) is 2.66. The van der Waals surface area contributed by atoms with Crippen LogP contribution in [0.2, 0.25) is 0 Å². The lowest BCUT2D eigenvalue weighted by atomic mass is 10.2. The van der Waals surface area contributed by atoms with Crippen molar-refractivity contribution in [3.63, 3.8) is 0 Å². The standard InChI is InChI=1S/C18H13N3O6/c22-15-2-1-9-20(15)12-5-3-11(4-6-12)17-19-14(18(23)27-17)10-13-7-8-16(26-13)21(24)25/h3-8,10H,1-2,9H2/b14-10-. The minimum Gasteiger partial charge on any atom is -0.402 e. The van der Waals surface area contributed by atoms with E-state index in [9.17, 15) is 19.7 Å². The van der Waals surface area contributed by atoms with Crippen LogP contribution in [0.5, 0.6) is 0 Å². The van der Waals surface area contributed by atoms with Crippen LogP contribution in [0.1, 0.15) is 24.2 Å². The molecule has 0 saturated carbocycles. The van der Waals surface area contributed by atoms with Crippen molar-refractivity contribution >= 4 is 35.4 Å². The van der Waals surface area contributed by atoms with Gasteiger partial charge in [-0.1, -0.05) is 0 Å². The lowest BCUT2D eigenvalue weighted by Gasteiger charge is -2.15. The van der Waals surface area contributed by atoms with Gasteiger partial charge in [-0.2, -0.15) is 0 Å². The van der Waals surface area contributed by atoms with Crippen LogP contribution in [-0.4, -0.2) is 29.2 Å². The minimum absolute atomic E-state index is 0.0203. The summed E-state index contributed by atoms with van der Waals surface area (Å²) >= 11 is 0. The molecule has 0 N–H and O–H groups in total. The van der Waals surface area contributed by atoms with Gasteiger partial charge in [-0.3, -0.25) is 14.9 Å². The van der Waals surface area contributed by atoms with Gasteiger partial charge in [0, 0.05) is 30.3 Å². The van der Waals surface area contributed by atoms with Gasteiger partial charge >= 0.3 is 11.9 Å². The number of amides is 1. The third-order valence-electron chi connectivity index (χ3n) is 4.19. The number of ether oxygens (including phenoxy) is 1. The van der Waals surface area contributed by atoms with Crippen LogP contribution in [0.3, 0.4) is 0 Å². The molecule has 27 heavy (non-hydrogen) atoms. The normalized spacial score (nSPS) is 18.1. The SMILES string of the molecule is O=C1OC(c2ccc(N3CCCC3=O)cc2)=N/C1=C\c1ccc([N+](=O)[O-])o1. The van der Waals surface area contributed by atoms with E-state index < -0.39 is 16.8 Å². The second-order valence-electron chi connectivity index (χ2n) is 5.96. The van der Waals surface area contributed by atoms with Gasteiger partial charge in [-0.25, -0.2) is 9.79 Å². The third-order valence-corrected chi connectivity index (χ3v) is 4.19. The summed E-state index contributed by atoms with van der Waals surface area (Å²) in [6, 6.07) is 9.53. The Labute approximate surface area is 152 Å². The van der Waals surface area contributed by atoms with Crippen molar-refractivity contribution in [2.75, 3.05) is 11.4 Å². The van der Waals surface area contributed by atoms with Gasteiger partial charge in [0.25, 0.3) is 0 Å². The van der Waals surface area contributed by atoms with Crippen LogP contribution in [-0.2, 0) is 14.3 Å². The maximum atomic E-state index is 12.0. The Hall–Kier alpha value is -3.75. The zero-order valence-corrected chi connectivity index (χ0v) is 14.0. The Balaban J connectivity index is 1.56. The average molecular weight is 367 g/mol. The number of anilines is 1. The van der Waals surface area contributed by atoms with Crippen LogP contribution in [0.15, 0.2) is 51.5 Å². The maximum Gasteiger partial charge on any atom is 0.433 e. The molecule has 1 aromatic carbocycles. The molecule has 0 unspecified atom stereocenters. The highest BCUT2D eigenvalue weighted by Crippen LogP contribution is 2.25. The molecule has 1 saturated heterocycles. The summed E-state index contributed by atoms with van der Waals surface area (Å²) in [6.45, 7) is 0.691. The Kier molecular flexibility index (Phi) is 4.03. The molecule has 1 fully saturated rings. The minimum atomic E-state index is -0.678. The molecule has 1 amide bonds. The predicted octanol–water partition coefficient (Wildman–Crippen LogP) is 2.66. The number of carbonyl (C=O) groups excluding carboxylic acids is 2. The number of benzene rings is 1. The molecule has 2 aliphatic heterocycles. The van der Waals surface area contributed by atoms with Crippen molar-refractivity contribution in [1.82, 2.24) is 0 Å². The maximum absolute atomic E-state index is 12.0. The van der Waals surface area contributed by atoms with E-state index in [1.54, 1.807) is 29.2 Å². The van der Waals surface area contributed by atoms with Crippen molar-refractivity contribution in [3.8, 4) is 0 Å². The lowest BCUT2D eigenvalue weighted by molar-refractivity contribution is -0.402. The first kappa shape index (κ1) is 16.7. The molecule has 1 aromatic heterocycles. The Morgan fingerprint density at radius 3 is 2.56 bits per heavy atom. The fraction of sp³-hybridized carbons (Fsp3) is 0.167. The van der Waals surface area contributed by atoms with E-state index in [2.05, 4.69) is 4.99 Å². The second kappa shape index (κ2) is 6.52. The van der Waals surface area contributed by atoms with Crippen LogP contribution in [0, 0.1) is 10.1 Å². The summed E-state index contributed by atoms with van der Waals surface area (Å²) in [5, 5.41) is 10.6. The molecule has 0 bridgehead atoms. The summed E-state index contributed by atoms with van der Waals surface area (Å²) in [5.41, 5.74) is 1.34. The summed E-state index contributed by atoms with van der Waals surface area (Å²) in [4.78, 5) is 39.6. The lowest BCUT2D eigenvalue weighted by Crippen LogP contribution is -2.23. The molecule has 9 heteroatoms. The Morgan fingerprint density at radius 1 is 1.15 bits per heavy atom. The highest BCUT2D eigenvalue weighted by Gasteiger charge is 2.26. The van der Waals surface area contributed by atoms with Crippen molar-refractivity contribution in [2.24, 2.45) is 4.99 Å². The van der Waals surface area contributed by atoms with Gasteiger partial charge in [0.15, 0.2) is 5.70 Å². The van der Waals surface area contributed by atoms with Gasteiger partial charge in [0.2, 0.25) is 11.8 Å². The second-order valence-corrected chi connectivity index (χ2v) is 5.96. The summed E-state index contributed by atoms with van der Waals surface area (Å²) < 4.78 is 10.1. The molecular weight excluding hydrogens is 354 g/mol. The van der Waals surface area contributed by atoms with Gasteiger partial charge in [-0.15, -0.1) is 0 Å². The summed E-state index contributed by atoms with van der Waals surface area (Å²) in [5.74, 6) is -0.773. The molecule has 9 nitrogen and oxygen atoms in total. The van der Waals surface area contributed by atoms with Crippen LogP contribution < -0.4 is 4.90 Å². The number of nitrogens with zero attached hydrogens (tertiary/aromatic N) is 3. The first-order chi connectivity index (χ1) is 13.0. The monoisotopic (exact) mass is 367 g/mol. The Morgan fingerprint density at radius 2 is 1.93 bits per heavy atom. The van der Waals surface area contributed by atoms with E-state index in [1.165, 1.54) is 18.2 Å². The van der Waals surface area contributed by atoms with Crippen LogP contribution >= 0.6 is 0 Å². The molecule has 2 aliphatic rings. The zero-order valence-electron chi connectivity index (χ0n) is 14.0. The van der Waals surface area contributed by atoms with Crippen molar-refractivity contribution in [3.05, 3.63) is 63.5 Å². The first-order valence-electron chi connectivity index (χ1n) is 8.19. The van der Waals surface area contributed by atoms with Crippen molar-refractivity contribution in [2.45, 2.75) is 12.8 Å². The molecule has 0 radical (unpaired) electrons. The van der Waals surface area contributed by atoms with Crippen LogP contribution in [0.4, 0.5) is 11.6 Å². The third kappa shape index (κ3) is 3.22. The number of cyclic esters (lactones) is 1. The number of aliphatic imine (C=N–C) groups is 1. The average Bonchev–Trinajstić information content (AvgIpc) is 3.37. The van der Waals surface area contributed by atoms with E-state index >= 15 is 0 Å².